The van der Waals surface area contributed by atoms with Gasteiger partial charge in [0.1, 0.15) is 17.2 Å². The van der Waals surface area contributed by atoms with Gasteiger partial charge in [-0.15, -0.1) is 0 Å². The molecule has 2 rings (SSSR count). The van der Waals surface area contributed by atoms with Crippen LogP contribution in [0.5, 0.6) is 11.5 Å². The third-order valence-electron chi connectivity index (χ3n) is 3.10. The second-order valence-corrected chi connectivity index (χ2v) is 4.71. The van der Waals surface area contributed by atoms with Gasteiger partial charge in [-0.2, -0.15) is 5.26 Å². The molecule has 0 unspecified atom stereocenters. The van der Waals surface area contributed by atoms with Crippen molar-refractivity contribution in [3.8, 4) is 17.6 Å². The third kappa shape index (κ3) is 3.31. The van der Waals surface area contributed by atoms with E-state index in [0.717, 1.165) is 12.1 Å². The van der Waals surface area contributed by atoms with Crippen molar-refractivity contribution in [2.75, 3.05) is 5.32 Å². The number of hydrogen-bond donors (Lipinski definition) is 5. The number of carboxylic acid groups (broad SMARTS) is 1. The summed E-state index contributed by atoms with van der Waals surface area (Å²) in [7, 11) is 0. The molecule has 1 amide bonds. The predicted octanol–water partition coefficient (Wildman–Crippen LogP) is 1.67. The van der Waals surface area contributed by atoms with E-state index in [9.17, 15) is 19.8 Å². The molecule has 0 saturated carbocycles. The molecule has 0 bridgehead atoms. The van der Waals surface area contributed by atoms with Crippen molar-refractivity contribution in [1.29, 1.82) is 10.7 Å². The van der Waals surface area contributed by atoms with Crippen LogP contribution < -0.4 is 5.32 Å². The zero-order valence-corrected chi connectivity index (χ0v) is 12.1. The summed E-state index contributed by atoms with van der Waals surface area (Å²) in [6.45, 7) is 0. The van der Waals surface area contributed by atoms with Gasteiger partial charge in [-0.3, -0.25) is 10.2 Å². The van der Waals surface area contributed by atoms with Gasteiger partial charge in [0.15, 0.2) is 0 Å². The van der Waals surface area contributed by atoms with Gasteiger partial charge in [-0.25, -0.2) is 4.79 Å². The monoisotopic (exact) mass is 325 g/mol. The van der Waals surface area contributed by atoms with Crippen LogP contribution in [0.2, 0.25) is 0 Å². The number of carbonyl (C=O) groups is 2. The average molecular weight is 325 g/mol. The molecule has 0 radical (unpaired) electrons. The molecule has 8 nitrogen and oxygen atoms in total. The molecule has 0 saturated heterocycles. The minimum atomic E-state index is -1.35. The Morgan fingerprint density at radius 2 is 1.79 bits per heavy atom. The van der Waals surface area contributed by atoms with Gasteiger partial charge in [-0.05, 0) is 30.3 Å². The summed E-state index contributed by atoms with van der Waals surface area (Å²) in [5, 5.41) is 46.9. The Labute approximate surface area is 135 Å². The number of carboxylic acids is 1. The number of carbonyl (C=O) groups excluding carboxylic acids is 1. The van der Waals surface area contributed by atoms with Crippen LogP contribution in [0.15, 0.2) is 36.4 Å². The first kappa shape index (κ1) is 16.5. The van der Waals surface area contributed by atoms with Crippen molar-refractivity contribution in [2.45, 2.75) is 0 Å². The molecule has 0 aromatic heterocycles. The number of hydrogen-bond acceptors (Lipinski definition) is 6. The molecule has 5 N–H and O–H groups in total. The fourth-order valence-corrected chi connectivity index (χ4v) is 1.94. The van der Waals surface area contributed by atoms with Crippen molar-refractivity contribution < 1.29 is 24.9 Å². The summed E-state index contributed by atoms with van der Waals surface area (Å²) in [5.41, 5.74) is -1.03. The van der Waals surface area contributed by atoms with E-state index in [1.54, 1.807) is 6.07 Å². The molecule has 0 aliphatic heterocycles. The fraction of sp³-hybridized carbons (Fsp3) is 0. The van der Waals surface area contributed by atoms with Crippen LogP contribution in [-0.2, 0) is 4.79 Å². The van der Waals surface area contributed by atoms with Gasteiger partial charge in [0.05, 0.1) is 22.9 Å². The number of aromatic hydroxyl groups is 2. The van der Waals surface area contributed by atoms with E-state index in [0.29, 0.717) is 0 Å². The minimum Gasteiger partial charge on any atom is -0.508 e. The number of rotatable bonds is 4. The van der Waals surface area contributed by atoms with Gasteiger partial charge in [-0.1, -0.05) is 0 Å². The highest BCUT2D eigenvalue weighted by molar-refractivity contribution is 6.48. The first-order valence-electron chi connectivity index (χ1n) is 6.53. The molecular weight excluding hydrogens is 314 g/mol. The van der Waals surface area contributed by atoms with E-state index in [1.165, 1.54) is 24.3 Å². The SMILES string of the molecule is N#Cc1ccc(NC(=O)C(=N)c2ccc(O)cc2O)c(C(=O)O)c1. The van der Waals surface area contributed by atoms with Gasteiger partial charge in [0.25, 0.3) is 5.91 Å². The van der Waals surface area contributed by atoms with E-state index >= 15 is 0 Å². The maximum atomic E-state index is 12.1. The number of phenols is 2. The molecule has 0 aliphatic rings. The van der Waals surface area contributed by atoms with Crippen molar-refractivity contribution >= 4 is 23.3 Å². The maximum Gasteiger partial charge on any atom is 0.337 e. The van der Waals surface area contributed by atoms with Crippen molar-refractivity contribution in [1.82, 2.24) is 0 Å². The highest BCUT2D eigenvalue weighted by Gasteiger charge is 2.19. The molecule has 0 fully saturated rings. The Balaban J connectivity index is 2.31. The lowest BCUT2D eigenvalue weighted by atomic mass is 10.1. The maximum absolute atomic E-state index is 12.1. The number of aromatic carboxylic acids is 1. The molecule has 0 aliphatic carbocycles. The molecule has 0 heterocycles. The van der Waals surface area contributed by atoms with Gasteiger partial charge in [0.2, 0.25) is 0 Å². The van der Waals surface area contributed by atoms with E-state index in [-0.39, 0.29) is 28.1 Å². The lowest BCUT2D eigenvalue weighted by Crippen LogP contribution is -2.24. The first-order chi connectivity index (χ1) is 11.3. The first-order valence-corrected chi connectivity index (χ1v) is 6.53. The lowest BCUT2D eigenvalue weighted by molar-refractivity contribution is -0.110. The molecule has 2 aromatic carbocycles. The molecule has 0 atom stereocenters. The second-order valence-electron chi connectivity index (χ2n) is 4.71. The van der Waals surface area contributed by atoms with Gasteiger partial charge in [0, 0.05) is 11.6 Å². The predicted molar refractivity (Wildman–Crippen MR) is 83.3 cm³/mol. The Hall–Kier alpha value is -3.86. The fourth-order valence-electron chi connectivity index (χ4n) is 1.94. The third-order valence-corrected chi connectivity index (χ3v) is 3.10. The standard InChI is InChI=1S/C16H11N3O5/c17-7-8-1-4-12(11(5-8)16(23)24)19-15(22)14(18)10-3-2-9(20)6-13(10)21/h1-6,18,20-21H,(H,19,22)(H,23,24). The Morgan fingerprint density at radius 1 is 1.08 bits per heavy atom. The number of nitrogens with one attached hydrogen (secondary N) is 2. The number of amides is 1. The minimum absolute atomic E-state index is 0.0884. The smallest absolute Gasteiger partial charge is 0.337 e. The molecule has 8 heteroatoms. The number of nitrogens with zero attached hydrogens (tertiary/aromatic N) is 1. The Kier molecular flexibility index (Phi) is 4.47. The quantitative estimate of drug-likeness (QED) is 0.539. The van der Waals surface area contributed by atoms with E-state index in [1.807, 2.05) is 0 Å². The largest absolute Gasteiger partial charge is 0.508 e. The summed E-state index contributed by atoms with van der Waals surface area (Å²) < 4.78 is 0. The highest BCUT2D eigenvalue weighted by Crippen LogP contribution is 2.24. The number of anilines is 1. The molecule has 24 heavy (non-hydrogen) atoms. The summed E-state index contributed by atoms with van der Waals surface area (Å²) in [6, 6.07) is 8.80. The van der Waals surface area contributed by atoms with Gasteiger partial charge < -0.3 is 20.6 Å². The summed E-state index contributed by atoms with van der Waals surface area (Å²) in [6.07, 6.45) is 0. The van der Waals surface area contributed by atoms with Crippen molar-refractivity contribution in [2.24, 2.45) is 0 Å². The molecule has 0 spiro atoms. The Bertz CT molecular complexity index is 899. The van der Waals surface area contributed by atoms with Crippen LogP contribution >= 0.6 is 0 Å². The summed E-state index contributed by atoms with van der Waals surface area (Å²) >= 11 is 0. The van der Waals surface area contributed by atoms with E-state index in [2.05, 4.69) is 5.32 Å². The van der Waals surface area contributed by atoms with E-state index in [4.69, 9.17) is 15.8 Å². The summed E-state index contributed by atoms with van der Waals surface area (Å²) in [5.74, 6) is -3.00. The zero-order valence-electron chi connectivity index (χ0n) is 12.1. The van der Waals surface area contributed by atoms with Crippen LogP contribution in [0.1, 0.15) is 21.5 Å². The topological polar surface area (TPSA) is 154 Å². The van der Waals surface area contributed by atoms with Crippen LogP contribution in [0.25, 0.3) is 0 Å². The van der Waals surface area contributed by atoms with Crippen LogP contribution in [0, 0.1) is 16.7 Å². The Morgan fingerprint density at radius 3 is 2.38 bits per heavy atom. The van der Waals surface area contributed by atoms with E-state index < -0.39 is 23.3 Å². The normalized spacial score (nSPS) is 9.79. The molecule has 2 aromatic rings. The molecule has 120 valence electrons. The van der Waals surface area contributed by atoms with Crippen LogP contribution in [0.3, 0.4) is 0 Å². The average Bonchev–Trinajstić information content (AvgIpc) is 2.54. The zero-order chi connectivity index (χ0) is 17.9. The lowest BCUT2D eigenvalue weighted by Gasteiger charge is -2.10. The number of nitriles is 1. The highest BCUT2D eigenvalue weighted by atomic mass is 16.4. The van der Waals surface area contributed by atoms with Crippen LogP contribution in [0.4, 0.5) is 5.69 Å². The van der Waals surface area contributed by atoms with Crippen LogP contribution in [-0.4, -0.2) is 32.9 Å². The molecular formula is C16H11N3O5. The second kappa shape index (κ2) is 6.50. The van der Waals surface area contributed by atoms with Gasteiger partial charge >= 0.3 is 5.97 Å². The number of phenolic OH excluding ortho intramolecular Hbond substituents is 2. The van der Waals surface area contributed by atoms with Crippen molar-refractivity contribution in [3.05, 3.63) is 53.1 Å². The summed E-state index contributed by atoms with van der Waals surface area (Å²) in [4.78, 5) is 23.3. The number of benzene rings is 2. The van der Waals surface area contributed by atoms with Crippen molar-refractivity contribution in [3.63, 3.8) is 0 Å².